The Bertz CT molecular complexity index is 823. The summed E-state index contributed by atoms with van der Waals surface area (Å²) in [6.07, 6.45) is 2.40. The van der Waals surface area contributed by atoms with Crippen molar-refractivity contribution in [2.45, 2.75) is 26.3 Å². The van der Waals surface area contributed by atoms with E-state index in [0.717, 1.165) is 22.6 Å². The van der Waals surface area contributed by atoms with E-state index < -0.39 is 9.84 Å². The van der Waals surface area contributed by atoms with Crippen molar-refractivity contribution in [2.75, 3.05) is 11.5 Å². The Kier molecular flexibility index (Phi) is 4.26. The Labute approximate surface area is 136 Å². The first-order valence-corrected chi connectivity index (χ1v) is 9.52. The SMILES string of the molecule is Cc1cc(/C=N/NC2CCS(=O)(=O)C2)c(C)n1-c1ccccc1. The summed E-state index contributed by atoms with van der Waals surface area (Å²) >= 11 is 0. The quantitative estimate of drug-likeness (QED) is 0.690. The second-order valence-corrected chi connectivity index (χ2v) is 8.21. The molecule has 0 spiro atoms. The van der Waals surface area contributed by atoms with Crippen molar-refractivity contribution in [3.8, 4) is 5.69 Å². The van der Waals surface area contributed by atoms with Gasteiger partial charge < -0.3 is 9.99 Å². The van der Waals surface area contributed by atoms with Gasteiger partial charge in [-0.2, -0.15) is 5.10 Å². The molecule has 1 unspecified atom stereocenters. The number of aryl methyl sites for hydroxylation is 1. The van der Waals surface area contributed by atoms with Crippen LogP contribution in [-0.4, -0.2) is 36.7 Å². The maximum atomic E-state index is 11.4. The molecular weight excluding hydrogens is 310 g/mol. The summed E-state index contributed by atoms with van der Waals surface area (Å²) in [5.74, 6) is 0.427. The normalized spacial score (nSPS) is 20.2. The van der Waals surface area contributed by atoms with Crippen molar-refractivity contribution >= 4 is 16.1 Å². The smallest absolute Gasteiger partial charge is 0.152 e. The minimum absolute atomic E-state index is 0.0751. The van der Waals surface area contributed by atoms with Gasteiger partial charge in [-0.05, 0) is 38.5 Å². The molecule has 2 aromatic rings. The molecule has 1 fully saturated rings. The Balaban J connectivity index is 1.76. The lowest BCUT2D eigenvalue weighted by molar-refractivity contribution is 0.578. The van der Waals surface area contributed by atoms with Gasteiger partial charge in [0.1, 0.15) is 0 Å². The molecular formula is C17H21N3O2S. The van der Waals surface area contributed by atoms with E-state index in [1.54, 1.807) is 6.21 Å². The Morgan fingerprint density at radius 3 is 2.65 bits per heavy atom. The van der Waals surface area contributed by atoms with Crippen LogP contribution in [0.3, 0.4) is 0 Å². The van der Waals surface area contributed by atoms with E-state index in [-0.39, 0.29) is 17.5 Å². The summed E-state index contributed by atoms with van der Waals surface area (Å²) in [5, 5.41) is 4.25. The average molecular weight is 331 g/mol. The molecule has 5 nitrogen and oxygen atoms in total. The molecule has 0 amide bonds. The monoisotopic (exact) mass is 331 g/mol. The third-order valence-electron chi connectivity index (χ3n) is 4.18. The van der Waals surface area contributed by atoms with Gasteiger partial charge in [-0.3, -0.25) is 0 Å². The van der Waals surface area contributed by atoms with Crippen LogP contribution < -0.4 is 5.43 Å². The highest BCUT2D eigenvalue weighted by Gasteiger charge is 2.27. The molecule has 2 heterocycles. The first kappa shape index (κ1) is 15.8. The van der Waals surface area contributed by atoms with Gasteiger partial charge in [-0.1, -0.05) is 18.2 Å². The summed E-state index contributed by atoms with van der Waals surface area (Å²) in [5.41, 5.74) is 7.36. The molecule has 0 radical (unpaired) electrons. The maximum Gasteiger partial charge on any atom is 0.152 e. The number of rotatable bonds is 4. The van der Waals surface area contributed by atoms with Gasteiger partial charge in [0.25, 0.3) is 0 Å². The number of hydrogen-bond acceptors (Lipinski definition) is 4. The van der Waals surface area contributed by atoms with Crippen molar-refractivity contribution in [1.82, 2.24) is 9.99 Å². The number of sulfone groups is 1. The molecule has 1 aromatic carbocycles. The summed E-state index contributed by atoms with van der Waals surface area (Å²) in [6.45, 7) is 4.12. The summed E-state index contributed by atoms with van der Waals surface area (Å²) < 4.78 is 25.1. The molecule has 23 heavy (non-hydrogen) atoms. The zero-order chi connectivity index (χ0) is 16.4. The van der Waals surface area contributed by atoms with E-state index in [9.17, 15) is 8.42 Å². The van der Waals surface area contributed by atoms with Crippen LogP contribution in [0.15, 0.2) is 41.5 Å². The predicted octanol–water partition coefficient (Wildman–Crippen LogP) is 2.20. The second kappa shape index (κ2) is 6.20. The van der Waals surface area contributed by atoms with E-state index in [1.807, 2.05) is 18.2 Å². The second-order valence-electron chi connectivity index (χ2n) is 5.98. The number of benzene rings is 1. The van der Waals surface area contributed by atoms with Gasteiger partial charge in [-0.15, -0.1) is 0 Å². The number of aromatic nitrogens is 1. The van der Waals surface area contributed by atoms with Crippen LogP contribution in [0.4, 0.5) is 0 Å². The molecule has 1 atom stereocenters. The standard InChI is InChI=1S/C17H21N3O2S/c1-13-10-15(11-18-19-16-8-9-23(21,22)12-16)14(2)20(13)17-6-4-3-5-7-17/h3-7,10-11,16,19H,8-9,12H2,1-2H3/b18-11+. The highest BCUT2D eigenvalue weighted by Crippen LogP contribution is 2.19. The third-order valence-corrected chi connectivity index (χ3v) is 5.95. The summed E-state index contributed by atoms with van der Waals surface area (Å²) in [6, 6.07) is 12.2. The molecule has 1 aliphatic rings. The van der Waals surface area contributed by atoms with Gasteiger partial charge in [0.05, 0.1) is 23.8 Å². The van der Waals surface area contributed by atoms with Crippen molar-refractivity contribution in [2.24, 2.45) is 5.10 Å². The average Bonchev–Trinajstić information content (AvgIpc) is 3.00. The number of hydrogen-bond donors (Lipinski definition) is 1. The van der Waals surface area contributed by atoms with Crippen LogP contribution >= 0.6 is 0 Å². The van der Waals surface area contributed by atoms with Gasteiger partial charge in [0, 0.05) is 22.6 Å². The molecule has 3 rings (SSSR count). The fourth-order valence-corrected chi connectivity index (χ4v) is 4.67. The van der Waals surface area contributed by atoms with Crippen LogP contribution in [-0.2, 0) is 9.84 Å². The number of hydrazone groups is 1. The first-order valence-electron chi connectivity index (χ1n) is 7.70. The molecule has 0 saturated carbocycles. The van der Waals surface area contributed by atoms with Gasteiger partial charge in [-0.25, -0.2) is 8.42 Å². The first-order chi connectivity index (χ1) is 11.0. The zero-order valence-corrected chi connectivity index (χ0v) is 14.2. The molecule has 1 aromatic heterocycles. The molecule has 6 heteroatoms. The van der Waals surface area contributed by atoms with Gasteiger partial charge in [0.2, 0.25) is 0 Å². The molecule has 1 aliphatic heterocycles. The highest BCUT2D eigenvalue weighted by atomic mass is 32.2. The maximum absolute atomic E-state index is 11.4. The minimum atomic E-state index is -2.88. The molecule has 1 N–H and O–H groups in total. The molecule has 1 saturated heterocycles. The van der Waals surface area contributed by atoms with Crippen molar-refractivity contribution in [1.29, 1.82) is 0 Å². The minimum Gasteiger partial charge on any atom is -0.318 e. The topological polar surface area (TPSA) is 63.5 Å². The van der Waals surface area contributed by atoms with E-state index in [1.165, 1.54) is 0 Å². The van der Waals surface area contributed by atoms with Crippen LogP contribution in [0.5, 0.6) is 0 Å². The van der Waals surface area contributed by atoms with Gasteiger partial charge >= 0.3 is 0 Å². The fraction of sp³-hybridized carbons (Fsp3) is 0.353. The Morgan fingerprint density at radius 2 is 2.00 bits per heavy atom. The highest BCUT2D eigenvalue weighted by molar-refractivity contribution is 7.91. The van der Waals surface area contributed by atoms with E-state index in [2.05, 4.69) is 47.1 Å². The lowest BCUT2D eigenvalue weighted by atomic mass is 10.2. The Morgan fingerprint density at radius 1 is 1.26 bits per heavy atom. The van der Waals surface area contributed by atoms with E-state index in [4.69, 9.17) is 0 Å². The van der Waals surface area contributed by atoms with Crippen molar-refractivity contribution in [3.05, 3.63) is 53.3 Å². The largest absolute Gasteiger partial charge is 0.318 e. The van der Waals surface area contributed by atoms with Crippen LogP contribution in [0.1, 0.15) is 23.4 Å². The van der Waals surface area contributed by atoms with Crippen LogP contribution in [0.2, 0.25) is 0 Å². The Hall–Kier alpha value is -2.08. The van der Waals surface area contributed by atoms with Crippen molar-refractivity contribution < 1.29 is 8.42 Å². The van der Waals surface area contributed by atoms with Gasteiger partial charge in [0.15, 0.2) is 9.84 Å². The van der Waals surface area contributed by atoms with E-state index >= 15 is 0 Å². The number of nitrogens with zero attached hydrogens (tertiary/aromatic N) is 2. The molecule has 0 aliphatic carbocycles. The third kappa shape index (κ3) is 3.47. The lowest BCUT2D eigenvalue weighted by Gasteiger charge is -2.09. The van der Waals surface area contributed by atoms with Crippen LogP contribution in [0.25, 0.3) is 5.69 Å². The fourth-order valence-electron chi connectivity index (χ4n) is 3.00. The lowest BCUT2D eigenvalue weighted by Crippen LogP contribution is -2.25. The van der Waals surface area contributed by atoms with Crippen LogP contribution in [0, 0.1) is 13.8 Å². The number of para-hydroxylation sites is 1. The van der Waals surface area contributed by atoms with Crippen molar-refractivity contribution in [3.63, 3.8) is 0 Å². The van der Waals surface area contributed by atoms with E-state index in [0.29, 0.717) is 6.42 Å². The number of nitrogens with one attached hydrogen (secondary N) is 1. The predicted molar refractivity (Wildman–Crippen MR) is 93.0 cm³/mol. The summed E-state index contributed by atoms with van der Waals surface area (Å²) in [4.78, 5) is 0. The zero-order valence-electron chi connectivity index (χ0n) is 13.4. The molecule has 122 valence electrons. The summed E-state index contributed by atoms with van der Waals surface area (Å²) in [7, 11) is -2.88. The molecule has 0 bridgehead atoms.